The van der Waals surface area contributed by atoms with Crippen LogP contribution in [0.5, 0.6) is 0 Å². The summed E-state index contributed by atoms with van der Waals surface area (Å²) in [5, 5.41) is 3.41. The van der Waals surface area contributed by atoms with Crippen LogP contribution in [-0.2, 0) is 4.74 Å². The lowest BCUT2D eigenvalue weighted by atomic mass is 9.92. The van der Waals surface area contributed by atoms with E-state index in [2.05, 4.69) is 46.4 Å². The summed E-state index contributed by atoms with van der Waals surface area (Å²) in [6, 6.07) is 6.99. The van der Waals surface area contributed by atoms with E-state index in [1.165, 1.54) is 15.6 Å². The zero-order chi connectivity index (χ0) is 11.5. The summed E-state index contributed by atoms with van der Waals surface area (Å²) in [5.41, 5.74) is 2.62. The highest BCUT2D eigenvalue weighted by Gasteiger charge is 2.25. The minimum atomic E-state index is 0.402. The van der Waals surface area contributed by atoms with Crippen LogP contribution < -0.4 is 5.32 Å². The van der Waals surface area contributed by atoms with Crippen molar-refractivity contribution < 1.29 is 4.74 Å². The molecule has 0 saturated carbocycles. The Balaban J connectivity index is 2.22. The van der Waals surface area contributed by atoms with Crippen LogP contribution in [-0.4, -0.2) is 20.3 Å². The van der Waals surface area contributed by atoms with Crippen molar-refractivity contribution in [2.45, 2.75) is 19.4 Å². The smallest absolute Gasteiger partial charge is 0.0513 e. The Labute approximate surface area is 106 Å². The molecular formula is C13H18BrNO. The van der Waals surface area contributed by atoms with Gasteiger partial charge in [0.2, 0.25) is 0 Å². The molecule has 0 spiro atoms. The molecule has 16 heavy (non-hydrogen) atoms. The molecule has 1 aromatic carbocycles. The predicted molar refractivity (Wildman–Crippen MR) is 69.6 cm³/mol. The Morgan fingerprint density at radius 1 is 1.50 bits per heavy atom. The Hall–Kier alpha value is -0.380. The van der Waals surface area contributed by atoms with Gasteiger partial charge in [-0.3, -0.25) is 0 Å². The average molecular weight is 284 g/mol. The van der Waals surface area contributed by atoms with Crippen LogP contribution in [0.4, 0.5) is 0 Å². The van der Waals surface area contributed by atoms with Gasteiger partial charge in [0, 0.05) is 23.0 Å². The van der Waals surface area contributed by atoms with Crippen molar-refractivity contribution >= 4 is 15.9 Å². The summed E-state index contributed by atoms with van der Waals surface area (Å²) in [5.74, 6) is 0.597. The second-order valence-corrected chi connectivity index (χ2v) is 5.25. The maximum Gasteiger partial charge on any atom is 0.0513 e. The van der Waals surface area contributed by atoms with Crippen molar-refractivity contribution in [2.24, 2.45) is 5.92 Å². The van der Waals surface area contributed by atoms with Crippen LogP contribution in [0.2, 0.25) is 0 Å². The van der Waals surface area contributed by atoms with E-state index in [0.717, 1.165) is 19.6 Å². The lowest BCUT2D eigenvalue weighted by molar-refractivity contribution is 0.178. The molecule has 0 bridgehead atoms. The molecule has 1 fully saturated rings. The Kier molecular flexibility index (Phi) is 4.00. The highest BCUT2D eigenvalue weighted by molar-refractivity contribution is 9.10. The van der Waals surface area contributed by atoms with Gasteiger partial charge in [0.15, 0.2) is 0 Å². The topological polar surface area (TPSA) is 21.3 Å². The van der Waals surface area contributed by atoms with Gasteiger partial charge in [-0.25, -0.2) is 0 Å². The first kappa shape index (κ1) is 12.1. The normalized spacial score (nSPS) is 22.3. The van der Waals surface area contributed by atoms with E-state index in [4.69, 9.17) is 4.74 Å². The largest absolute Gasteiger partial charge is 0.381 e. The maximum absolute atomic E-state index is 5.46. The second kappa shape index (κ2) is 5.30. The predicted octanol–water partition coefficient (Wildman–Crippen LogP) is 3.05. The standard InChI is InChI=1S/C13H18BrNO/c1-9-3-4-10(7-12(9)14)13(15-2)11-5-6-16-8-11/h3-4,7,11,13,15H,5-6,8H2,1-2H3. The van der Waals surface area contributed by atoms with E-state index in [9.17, 15) is 0 Å². The number of rotatable bonds is 3. The molecular weight excluding hydrogens is 266 g/mol. The molecule has 2 atom stereocenters. The number of hydrogen-bond donors (Lipinski definition) is 1. The molecule has 1 heterocycles. The minimum absolute atomic E-state index is 0.402. The summed E-state index contributed by atoms with van der Waals surface area (Å²) in [7, 11) is 2.02. The third kappa shape index (κ3) is 2.47. The van der Waals surface area contributed by atoms with Gasteiger partial charge >= 0.3 is 0 Å². The van der Waals surface area contributed by atoms with Crippen LogP contribution in [0.25, 0.3) is 0 Å². The van der Waals surface area contributed by atoms with Crippen molar-refractivity contribution in [3.05, 3.63) is 33.8 Å². The van der Waals surface area contributed by atoms with Crippen molar-refractivity contribution in [2.75, 3.05) is 20.3 Å². The summed E-state index contributed by atoms with van der Waals surface area (Å²) in [6.45, 7) is 3.88. The molecule has 0 amide bonds. The van der Waals surface area contributed by atoms with E-state index in [-0.39, 0.29) is 0 Å². The highest BCUT2D eigenvalue weighted by Crippen LogP contribution is 2.30. The van der Waals surface area contributed by atoms with E-state index in [1.807, 2.05) is 7.05 Å². The lowest BCUT2D eigenvalue weighted by Crippen LogP contribution is -2.25. The van der Waals surface area contributed by atoms with Crippen LogP contribution in [0.1, 0.15) is 23.6 Å². The number of ether oxygens (including phenoxy) is 1. The molecule has 1 aliphatic rings. The number of hydrogen-bond acceptors (Lipinski definition) is 2. The molecule has 0 radical (unpaired) electrons. The van der Waals surface area contributed by atoms with E-state index in [0.29, 0.717) is 12.0 Å². The van der Waals surface area contributed by atoms with Gasteiger partial charge in [0.25, 0.3) is 0 Å². The van der Waals surface area contributed by atoms with Gasteiger partial charge in [-0.15, -0.1) is 0 Å². The number of benzene rings is 1. The fraction of sp³-hybridized carbons (Fsp3) is 0.538. The van der Waals surface area contributed by atoms with Crippen LogP contribution in [0, 0.1) is 12.8 Å². The van der Waals surface area contributed by atoms with Crippen molar-refractivity contribution in [1.29, 1.82) is 0 Å². The monoisotopic (exact) mass is 283 g/mol. The quantitative estimate of drug-likeness (QED) is 0.921. The highest BCUT2D eigenvalue weighted by atomic mass is 79.9. The zero-order valence-electron chi connectivity index (χ0n) is 9.79. The van der Waals surface area contributed by atoms with Gasteiger partial charge in [-0.05, 0) is 37.6 Å². The number of nitrogens with one attached hydrogen (secondary N) is 1. The third-order valence-electron chi connectivity index (χ3n) is 3.30. The van der Waals surface area contributed by atoms with E-state index in [1.54, 1.807) is 0 Å². The maximum atomic E-state index is 5.46. The molecule has 1 saturated heterocycles. The van der Waals surface area contributed by atoms with E-state index >= 15 is 0 Å². The van der Waals surface area contributed by atoms with Crippen molar-refractivity contribution in [3.8, 4) is 0 Å². The van der Waals surface area contributed by atoms with Crippen LogP contribution in [0.15, 0.2) is 22.7 Å². The first-order chi connectivity index (χ1) is 7.72. The molecule has 0 aromatic heterocycles. The molecule has 1 aliphatic heterocycles. The number of aryl methyl sites for hydroxylation is 1. The lowest BCUT2D eigenvalue weighted by Gasteiger charge is -2.22. The molecule has 88 valence electrons. The minimum Gasteiger partial charge on any atom is -0.381 e. The third-order valence-corrected chi connectivity index (χ3v) is 4.16. The molecule has 2 nitrogen and oxygen atoms in total. The first-order valence-electron chi connectivity index (χ1n) is 5.73. The zero-order valence-corrected chi connectivity index (χ0v) is 11.4. The second-order valence-electron chi connectivity index (χ2n) is 4.40. The average Bonchev–Trinajstić information content (AvgIpc) is 2.78. The Morgan fingerprint density at radius 3 is 2.88 bits per heavy atom. The van der Waals surface area contributed by atoms with Gasteiger partial charge in [0.05, 0.1) is 6.61 Å². The summed E-state index contributed by atoms with van der Waals surface area (Å²) >= 11 is 3.59. The summed E-state index contributed by atoms with van der Waals surface area (Å²) < 4.78 is 6.65. The summed E-state index contributed by atoms with van der Waals surface area (Å²) in [4.78, 5) is 0. The molecule has 3 heteroatoms. The molecule has 1 aromatic rings. The van der Waals surface area contributed by atoms with Gasteiger partial charge < -0.3 is 10.1 Å². The molecule has 2 unspecified atom stereocenters. The van der Waals surface area contributed by atoms with E-state index < -0.39 is 0 Å². The number of halogens is 1. The van der Waals surface area contributed by atoms with Crippen LogP contribution >= 0.6 is 15.9 Å². The summed E-state index contributed by atoms with van der Waals surface area (Å²) in [6.07, 6.45) is 1.15. The fourth-order valence-corrected chi connectivity index (χ4v) is 2.69. The Bertz CT molecular complexity index is 361. The van der Waals surface area contributed by atoms with Gasteiger partial charge in [-0.1, -0.05) is 28.1 Å². The van der Waals surface area contributed by atoms with Crippen molar-refractivity contribution in [3.63, 3.8) is 0 Å². The van der Waals surface area contributed by atoms with Crippen molar-refractivity contribution in [1.82, 2.24) is 5.32 Å². The SMILES string of the molecule is CNC(c1ccc(C)c(Br)c1)C1CCOC1. The van der Waals surface area contributed by atoms with Crippen LogP contribution in [0.3, 0.4) is 0 Å². The van der Waals surface area contributed by atoms with Gasteiger partial charge in [0.1, 0.15) is 0 Å². The fourth-order valence-electron chi connectivity index (χ4n) is 2.29. The molecule has 2 rings (SSSR count). The molecule has 1 N–H and O–H groups in total. The molecule has 0 aliphatic carbocycles. The van der Waals surface area contributed by atoms with Gasteiger partial charge in [-0.2, -0.15) is 0 Å². The Morgan fingerprint density at radius 2 is 2.31 bits per heavy atom. The first-order valence-corrected chi connectivity index (χ1v) is 6.52.